The van der Waals surface area contributed by atoms with Crippen LogP contribution in [0, 0.1) is 5.92 Å². The number of allylic oxidation sites excluding steroid dienone is 4. The van der Waals surface area contributed by atoms with E-state index < -0.39 is 0 Å². The molecule has 0 saturated carbocycles. The first-order chi connectivity index (χ1) is 13.7. The molecule has 2 atom stereocenters. The van der Waals surface area contributed by atoms with Gasteiger partial charge in [0.1, 0.15) is 12.1 Å². The molecule has 1 aliphatic carbocycles. The summed E-state index contributed by atoms with van der Waals surface area (Å²) in [4.78, 5) is 20.7. The lowest BCUT2D eigenvalue weighted by Crippen LogP contribution is -2.38. The van der Waals surface area contributed by atoms with Gasteiger partial charge in [-0.2, -0.15) is 0 Å². The van der Waals surface area contributed by atoms with E-state index in [1.165, 1.54) is 0 Å². The van der Waals surface area contributed by atoms with Crippen LogP contribution in [0.25, 0.3) is 16.7 Å². The zero-order valence-electron chi connectivity index (χ0n) is 15.5. The van der Waals surface area contributed by atoms with E-state index in [0.29, 0.717) is 6.42 Å². The zero-order chi connectivity index (χ0) is 19.1. The Bertz CT molecular complexity index is 1070. The molecule has 0 bridgehead atoms. The highest BCUT2D eigenvalue weighted by atomic mass is 16.1. The van der Waals surface area contributed by atoms with Gasteiger partial charge in [0.15, 0.2) is 5.82 Å². The fourth-order valence-electron chi connectivity index (χ4n) is 3.78. The molecule has 2 unspecified atom stereocenters. The maximum Gasteiger partial charge on any atom is 0.158 e. The number of pyridine rings is 1. The third kappa shape index (κ3) is 2.80. The van der Waals surface area contributed by atoms with Crippen molar-refractivity contribution in [1.82, 2.24) is 10.4 Å². The Kier molecular flexibility index (Phi) is 4.02. The van der Waals surface area contributed by atoms with Crippen LogP contribution in [0.3, 0.4) is 0 Å². The van der Waals surface area contributed by atoms with E-state index in [4.69, 9.17) is 4.98 Å². The molecule has 28 heavy (non-hydrogen) atoms. The summed E-state index contributed by atoms with van der Waals surface area (Å²) in [5, 5.41) is 1.96. The molecule has 5 heteroatoms. The van der Waals surface area contributed by atoms with Crippen LogP contribution < -0.4 is 10.4 Å². The van der Waals surface area contributed by atoms with Crippen LogP contribution in [0.15, 0.2) is 71.5 Å². The molecule has 5 nitrogen and oxygen atoms in total. The highest BCUT2D eigenvalue weighted by molar-refractivity contribution is 5.95. The fourth-order valence-corrected chi connectivity index (χ4v) is 3.78. The maximum atomic E-state index is 11.1. The van der Waals surface area contributed by atoms with Crippen molar-refractivity contribution in [1.29, 1.82) is 0 Å². The van der Waals surface area contributed by atoms with Gasteiger partial charge >= 0.3 is 0 Å². The molecule has 1 aromatic heterocycles. The first-order valence-corrected chi connectivity index (χ1v) is 9.49. The number of aromatic nitrogens is 1. The maximum absolute atomic E-state index is 11.1. The molecule has 1 N–H and O–H groups in total. The second kappa shape index (κ2) is 6.69. The number of anilines is 1. The average Bonchev–Trinajstić information content (AvgIpc) is 3.14. The molecule has 0 spiro atoms. The number of nitrogens with one attached hydrogen (secondary N) is 1. The van der Waals surface area contributed by atoms with Gasteiger partial charge in [-0.3, -0.25) is 0 Å². The lowest BCUT2D eigenvalue weighted by molar-refractivity contribution is -0.109. The molecule has 5 rings (SSSR count). The predicted octanol–water partition coefficient (Wildman–Crippen LogP) is 3.89. The molecule has 3 aliphatic rings. The summed E-state index contributed by atoms with van der Waals surface area (Å²) in [5.41, 5.74) is 8.51. The summed E-state index contributed by atoms with van der Waals surface area (Å²) in [7, 11) is 0. The summed E-state index contributed by atoms with van der Waals surface area (Å²) in [6.45, 7) is 2.09. The third-order valence-electron chi connectivity index (χ3n) is 5.21. The Balaban J connectivity index is 1.67. The highest BCUT2D eigenvalue weighted by Crippen LogP contribution is 2.37. The fraction of sp³-hybridized carbons (Fsp3) is 0.174. The van der Waals surface area contributed by atoms with Gasteiger partial charge in [-0.05, 0) is 36.6 Å². The Morgan fingerprint density at radius 3 is 2.86 bits per heavy atom. The zero-order valence-corrected chi connectivity index (χ0v) is 15.5. The van der Waals surface area contributed by atoms with Gasteiger partial charge in [0, 0.05) is 29.3 Å². The summed E-state index contributed by atoms with van der Waals surface area (Å²) in [6.07, 6.45) is 11.7. The van der Waals surface area contributed by atoms with Crippen molar-refractivity contribution in [2.45, 2.75) is 19.4 Å². The number of aldehydes is 1. The number of carbonyl (C=O) groups excluding carboxylic acids is 1. The van der Waals surface area contributed by atoms with E-state index >= 15 is 0 Å². The minimum Gasteiger partial charge on any atom is -0.303 e. The van der Waals surface area contributed by atoms with Crippen LogP contribution in [0.2, 0.25) is 0 Å². The number of fused-ring (bicyclic) bond motifs is 3. The topological polar surface area (TPSA) is 57.6 Å². The normalized spacial score (nSPS) is 22.4. The average molecular weight is 368 g/mol. The molecule has 0 fully saturated rings. The summed E-state index contributed by atoms with van der Waals surface area (Å²) in [5.74, 6) is 1.68. The summed E-state index contributed by atoms with van der Waals surface area (Å²) in [6, 6.07) is 12.6. The smallest absolute Gasteiger partial charge is 0.158 e. The van der Waals surface area contributed by atoms with Crippen molar-refractivity contribution in [2.75, 3.05) is 5.01 Å². The van der Waals surface area contributed by atoms with E-state index in [-0.39, 0.29) is 12.0 Å². The molecule has 0 amide bonds. The molecule has 2 aliphatic heterocycles. The Hall–Kier alpha value is -3.31. The van der Waals surface area contributed by atoms with Crippen molar-refractivity contribution in [2.24, 2.45) is 10.9 Å². The highest BCUT2D eigenvalue weighted by Gasteiger charge is 2.28. The summed E-state index contributed by atoms with van der Waals surface area (Å²) < 4.78 is 0. The molecular weight excluding hydrogens is 348 g/mol. The van der Waals surface area contributed by atoms with Gasteiger partial charge in [0.2, 0.25) is 0 Å². The minimum atomic E-state index is -0.0516. The number of rotatable bonds is 3. The van der Waals surface area contributed by atoms with Gasteiger partial charge in [0.05, 0.1) is 5.69 Å². The van der Waals surface area contributed by atoms with Crippen molar-refractivity contribution in [3.05, 3.63) is 77.8 Å². The largest absolute Gasteiger partial charge is 0.303 e. The second-order valence-electron chi connectivity index (χ2n) is 7.25. The van der Waals surface area contributed by atoms with E-state index in [2.05, 4.69) is 47.7 Å². The van der Waals surface area contributed by atoms with Crippen molar-refractivity contribution in [3.63, 3.8) is 0 Å². The van der Waals surface area contributed by atoms with Gasteiger partial charge in [-0.25, -0.2) is 20.4 Å². The van der Waals surface area contributed by atoms with Crippen LogP contribution in [-0.2, 0) is 4.79 Å². The van der Waals surface area contributed by atoms with Gasteiger partial charge in [-0.15, -0.1) is 0 Å². The molecule has 1 aromatic carbocycles. The van der Waals surface area contributed by atoms with Crippen molar-refractivity contribution < 1.29 is 4.79 Å². The second-order valence-corrected chi connectivity index (χ2v) is 7.25. The predicted molar refractivity (Wildman–Crippen MR) is 112 cm³/mol. The Morgan fingerprint density at radius 1 is 1.25 bits per heavy atom. The summed E-state index contributed by atoms with van der Waals surface area (Å²) >= 11 is 0. The van der Waals surface area contributed by atoms with Gasteiger partial charge in [-0.1, -0.05) is 48.6 Å². The molecule has 0 radical (unpaired) electrons. The molecular formula is C23H20N4O. The molecule has 138 valence electrons. The van der Waals surface area contributed by atoms with E-state index in [9.17, 15) is 4.79 Å². The van der Waals surface area contributed by atoms with E-state index in [0.717, 1.165) is 45.9 Å². The number of nitrogens with zero attached hydrogens (tertiary/aromatic N) is 3. The number of hydrazine groups is 1. The van der Waals surface area contributed by atoms with Crippen LogP contribution in [0.5, 0.6) is 0 Å². The number of carbonyl (C=O) groups is 1. The first kappa shape index (κ1) is 16.8. The molecule has 2 aromatic rings. The molecule has 0 saturated heterocycles. The Morgan fingerprint density at radius 2 is 2.11 bits per heavy atom. The van der Waals surface area contributed by atoms with Crippen molar-refractivity contribution in [3.8, 4) is 11.1 Å². The monoisotopic (exact) mass is 368 g/mol. The first-order valence-electron chi connectivity index (χ1n) is 9.49. The minimum absolute atomic E-state index is 0.0516. The lowest BCUT2D eigenvalue weighted by atomic mass is 9.91. The quantitative estimate of drug-likeness (QED) is 0.835. The van der Waals surface area contributed by atoms with Crippen LogP contribution in [0.4, 0.5) is 5.82 Å². The van der Waals surface area contributed by atoms with E-state index in [1.54, 1.807) is 0 Å². The SMILES string of the molecule is CC1C=C2N=Cc3cc(-c4ccccc4)c(C4=CCC(C=O)C=C4)nc3N2N1. The van der Waals surface area contributed by atoms with E-state index in [1.807, 2.05) is 41.6 Å². The van der Waals surface area contributed by atoms with Crippen LogP contribution in [0.1, 0.15) is 24.6 Å². The van der Waals surface area contributed by atoms with Crippen LogP contribution >= 0.6 is 0 Å². The third-order valence-corrected chi connectivity index (χ3v) is 5.21. The number of benzene rings is 1. The molecule has 3 heterocycles. The lowest BCUT2D eigenvalue weighted by Gasteiger charge is -2.26. The van der Waals surface area contributed by atoms with Crippen LogP contribution in [-0.4, -0.2) is 23.5 Å². The van der Waals surface area contributed by atoms with Gasteiger partial charge < -0.3 is 4.79 Å². The number of aliphatic imine (C=N–C) groups is 1. The standard InChI is InChI=1S/C23H20N4O/c1-15-11-21-24-13-19-12-20(17-5-3-2-4-6-17)22(25-23(19)27(21)26-15)18-9-7-16(14-28)8-10-18/h2-7,9-16,26H,8H2,1H3. The number of hydrogen-bond donors (Lipinski definition) is 1. The Labute approximate surface area is 163 Å². The number of hydrogen-bond acceptors (Lipinski definition) is 5. The van der Waals surface area contributed by atoms with Crippen molar-refractivity contribution >= 4 is 23.9 Å². The van der Waals surface area contributed by atoms with Gasteiger partial charge in [0.25, 0.3) is 0 Å².